The lowest BCUT2D eigenvalue weighted by Gasteiger charge is -2.36. The summed E-state index contributed by atoms with van der Waals surface area (Å²) in [6, 6.07) is 20.4. The van der Waals surface area contributed by atoms with Crippen LogP contribution in [-0.4, -0.2) is 39.1 Å². The molecule has 37 heavy (non-hydrogen) atoms. The number of thioether (sulfide) groups is 1. The van der Waals surface area contributed by atoms with Crippen molar-refractivity contribution in [2.24, 2.45) is 4.99 Å². The van der Waals surface area contributed by atoms with E-state index < -0.39 is 22.8 Å². The molecule has 1 aliphatic heterocycles. The van der Waals surface area contributed by atoms with Gasteiger partial charge < -0.3 is 9.84 Å². The molecule has 1 aliphatic rings. The number of carbonyl (C=O) groups excluding carboxylic acids is 1. The number of aliphatic carboxylic acids is 1. The summed E-state index contributed by atoms with van der Waals surface area (Å²) in [6.07, 6.45) is 0. The molecule has 0 bridgehead atoms. The number of amidine groups is 1. The van der Waals surface area contributed by atoms with Crippen LogP contribution >= 0.6 is 11.8 Å². The third-order valence-electron chi connectivity index (χ3n) is 5.78. The Morgan fingerprint density at radius 1 is 1.08 bits per heavy atom. The zero-order valence-corrected chi connectivity index (χ0v) is 20.8. The van der Waals surface area contributed by atoms with Crippen molar-refractivity contribution < 1.29 is 24.4 Å². The highest BCUT2D eigenvalue weighted by molar-refractivity contribution is 8.13. The van der Waals surface area contributed by atoms with Gasteiger partial charge in [0.15, 0.2) is 5.17 Å². The fraction of sp³-hybridized carbons (Fsp3) is 0.148. The number of rotatable bonds is 7. The van der Waals surface area contributed by atoms with Gasteiger partial charge in [-0.2, -0.15) is 0 Å². The van der Waals surface area contributed by atoms with E-state index in [1.807, 2.05) is 24.3 Å². The summed E-state index contributed by atoms with van der Waals surface area (Å²) < 4.78 is 5.21. The van der Waals surface area contributed by atoms with Crippen molar-refractivity contribution in [1.29, 1.82) is 0 Å². The van der Waals surface area contributed by atoms with Crippen LogP contribution in [0.15, 0.2) is 95.1 Å². The topological polar surface area (TPSA) is 122 Å². The molecule has 0 fully saturated rings. The maximum Gasteiger partial charge on any atom is 0.335 e. The molecule has 0 aliphatic carbocycles. The number of benzene rings is 3. The van der Waals surface area contributed by atoms with E-state index in [1.54, 1.807) is 50.4 Å². The molecular formula is C27H23N3O6S. The second-order valence-electron chi connectivity index (χ2n) is 8.13. The normalized spacial score (nSPS) is 15.2. The zero-order chi connectivity index (χ0) is 26.5. The largest absolute Gasteiger partial charge is 0.497 e. The Balaban J connectivity index is 1.82. The Morgan fingerprint density at radius 2 is 1.78 bits per heavy atom. The van der Waals surface area contributed by atoms with Gasteiger partial charge in [0.2, 0.25) is 0 Å². The number of hydrogen-bond donors (Lipinski definition) is 1. The van der Waals surface area contributed by atoms with Crippen LogP contribution in [0.2, 0.25) is 0 Å². The molecule has 10 heteroatoms. The summed E-state index contributed by atoms with van der Waals surface area (Å²) in [5, 5.41) is 21.9. The first-order chi connectivity index (χ1) is 17.8. The van der Waals surface area contributed by atoms with Crippen LogP contribution in [0, 0.1) is 10.1 Å². The highest BCUT2D eigenvalue weighted by atomic mass is 32.2. The van der Waals surface area contributed by atoms with Crippen LogP contribution in [-0.2, 0) is 10.5 Å². The predicted octanol–water partition coefficient (Wildman–Crippen LogP) is 5.45. The fourth-order valence-electron chi connectivity index (χ4n) is 3.99. The van der Waals surface area contributed by atoms with Crippen molar-refractivity contribution >= 4 is 34.5 Å². The second kappa shape index (κ2) is 11.1. The van der Waals surface area contributed by atoms with Crippen LogP contribution in [0.5, 0.6) is 5.75 Å². The third-order valence-corrected chi connectivity index (χ3v) is 6.81. The molecule has 9 nitrogen and oxygen atoms in total. The van der Waals surface area contributed by atoms with E-state index in [0.29, 0.717) is 27.8 Å². The number of non-ortho nitro benzene ring substituents is 1. The lowest BCUT2D eigenvalue weighted by atomic mass is 9.93. The number of ether oxygens (including phenoxy) is 1. The molecule has 0 radical (unpaired) electrons. The Bertz CT molecular complexity index is 1400. The van der Waals surface area contributed by atoms with E-state index >= 15 is 0 Å². The summed E-state index contributed by atoms with van der Waals surface area (Å²) in [6.45, 7) is 1.56. The minimum atomic E-state index is -1.26. The SMILES string of the molecule is COc1ccc(CSC2=NC(C)=C(C(=O)O)C(c3cccc([N+](=O)[O-])c3)N2C(=O)c2ccccc2)cc1. The number of carbonyl (C=O) groups is 2. The molecule has 1 unspecified atom stereocenters. The molecule has 0 saturated carbocycles. The maximum absolute atomic E-state index is 13.8. The summed E-state index contributed by atoms with van der Waals surface area (Å²) in [4.78, 5) is 43.0. The number of carboxylic acid groups (broad SMARTS) is 1. The molecule has 1 N–H and O–H groups in total. The number of aliphatic imine (C=N–C) groups is 1. The minimum absolute atomic E-state index is 0.126. The first-order valence-corrected chi connectivity index (χ1v) is 12.2. The Kier molecular flexibility index (Phi) is 7.69. The number of methoxy groups -OCH3 is 1. The molecule has 3 aromatic carbocycles. The van der Waals surface area contributed by atoms with Gasteiger partial charge in [-0.25, -0.2) is 9.79 Å². The van der Waals surface area contributed by atoms with Crippen molar-refractivity contribution in [2.75, 3.05) is 7.11 Å². The van der Waals surface area contributed by atoms with Crippen LogP contribution < -0.4 is 4.74 Å². The fourth-order valence-corrected chi connectivity index (χ4v) is 5.00. The average Bonchev–Trinajstić information content (AvgIpc) is 2.91. The summed E-state index contributed by atoms with van der Waals surface area (Å²) in [5.41, 5.74) is 1.46. The van der Waals surface area contributed by atoms with Gasteiger partial charge in [0.1, 0.15) is 5.75 Å². The van der Waals surface area contributed by atoms with E-state index in [1.165, 1.54) is 34.9 Å². The smallest absolute Gasteiger partial charge is 0.335 e. The van der Waals surface area contributed by atoms with Gasteiger partial charge in [-0.15, -0.1) is 0 Å². The molecule has 1 heterocycles. The summed E-state index contributed by atoms with van der Waals surface area (Å²) >= 11 is 1.27. The van der Waals surface area contributed by atoms with E-state index in [4.69, 9.17) is 4.74 Å². The van der Waals surface area contributed by atoms with E-state index in [0.717, 1.165) is 5.56 Å². The molecule has 3 aromatic rings. The average molecular weight is 518 g/mol. The number of nitro benzene ring substituents is 1. The lowest BCUT2D eigenvalue weighted by molar-refractivity contribution is -0.384. The van der Waals surface area contributed by atoms with Crippen molar-refractivity contribution in [3.05, 3.63) is 117 Å². The number of allylic oxidation sites excluding steroid dienone is 1. The molecule has 188 valence electrons. The Labute approximate surface area is 217 Å². The van der Waals surface area contributed by atoms with Gasteiger partial charge in [0.05, 0.1) is 29.3 Å². The van der Waals surface area contributed by atoms with Crippen LogP contribution in [0.25, 0.3) is 0 Å². The molecule has 1 atom stereocenters. The van der Waals surface area contributed by atoms with Crippen molar-refractivity contribution in [3.8, 4) is 5.75 Å². The second-order valence-corrected chi connectivity index (χ2v) is 9.07. The molecule has 0 aromatic heterocycles. The standard InChI is InChI=1S/C27H23N3O6S/c1-17-23(26(32)33)24(20-9-6-10-21(15-20)30(34)35)29(25(31)19-7-4-3-5-8-19)27(28-17)37-16-18-11-13-22(36-2)14-12-18/h3-15,24H,16H2,1-2H3,(H,32,33). The van der Waals surface area contributed by atoms with Crippen molar-refractivity contribution in [3.63, 3.8) is 0 Å². The van der Waals surface area contributed by atoms with E-state index in [-0.39, 0.29) is 17.0 Å². The zero-order valence-electron chi connectivity index (χ0n) is 20.0. The monoisotopic (exact) mass is 517 g/mol. The molecule has 4 rings (SSSR count). The van der Waals surface area contributed by atoms with Gasteiger partial charge in [0.25, 0.3) is 11.6 Å². The van der Waals surface area contributed by atoms with Gasteiger partial charge in [0, 0.05) is 23.4 Å². The third kappa shape index (κ3) is 5.54. The quantitative estimate of drug-likeness (QED) is 0.327. The van der Waals surface area contributed by atoms with Crippen LogP contribution in [0.3, 0.4) is 0 Å². The van der Waals surface area contributed by atoms with Gasteiger partial charge in [-0.1, -0.05) is 54.2 Å². The first-order valence-electron chi connectivity index (χ1n) is 11.2. The molecule has 1 amide bonds. The Hall–Kier alpha value is -4.44. The highest BCUT2D eigenvalue weighted by Gasteiger charge is 2.40. The molecular weight excluding hydrogens is 494 g/mol. The van der Waals surface area contributed by atoms with E-state index in [2.05, 4.69) is 4.99 Å². The molecule has 0 spiro atoms. The van der Waals surface area contributed by atoms with Crippen molar-refractivity contribution in [2.45, 2.75) is 18.7 Å². The van der Waals surface area contributed by atoms with Crippen LogP contribution in [0.1, 0.15) is 34.5 Å². The number of nitro groups is 1. The number of carboxylic acids is 1. The number of nitrogens with zero attached hydrogens (tertiary/aromatic N) is 3. The van der Waals surface area contributed by atoms with Gasteiger partial charge >= 0.3 is 5.97 Å². The highest BCUT2D eigenvalue weighted by Crippen LogP contribution is 2.40. The number of amides is 1. The first kappa shape index (κ1) is 25.6. The molecule has 0 saturated heterocycles. The lowest BCUT2D eigenvalue weighted by Crippen LogP contribution is -2.43. The predicted molar refractivity (Wildman–Crippen MR) is 141 cm³/mol. The van der Waals surface area contributed by atoms with Crippen LogP contribution in [0.4, 0.5) is 5.69 Å². The van der Waals surface area contributed by atoms with E-state index in [9.17, 15) is 24.8 Å². The van der Waals surface area contributed by atoms with Gasteiger partial charge in [-0.05, 0) is 42.3 Å². The maximum atomic E-state index is 13.8. The van der Waals surface area contributed by atoms with Crippen molar-refractivity contribution in [1.82, 2.24) is 4.90 Å². The minimum Gasteiger partial charge on any atom is -0.497 e. The Morgan fingerprint density at radius 3 is 2.41 bits per heavy atom. The summed E-state index contributed by atoms with van der Waals surface area (Å²) in [7, 11) is 1.58. The number of hydrogen-bond acceptors (Lipinski definition) is 7. The van der Waals surface area contributed by atoms with Gasteiger partial charge in [-0.3, -0.25) is 19.8 Å². The summed E-state index contributed by atoms with van der Waals surface area (Å²) in [5.74, 6) is -0.578.